The molecule has 1 amide bonds. The van der Waals surface area contributed by atoms with Gasteiger partial charge in [0.1, 0.15) is 0 Å². The second-order valence-corrected chi connectivity index (χ2v) is 6.30. The van der Waals surface area contributed by atoms with E-state index in [0.717, 1.165) is 27.8 Å². The van der Waals surface area contributed by atoms with Crippen molar-refractivity contribution in [1.82, 2.24) is 4.90 Å². The van der Waals surface area contributed by atoms with Crippen LogP contribution >= 0.6 is 11.3 Å². The van der Waals surface area contributed by atoms with Crippen molar-refractivity contribution < 1.29 is 9.90 Å². The third-order valence-corrected chi connectivity index (χ3v) is 4.97. The van der Waals surface area contributed by atoms with Crippen molar-refractivity contribution in [1.29, 1.82) is 0 Å². The van der Waals surface area contributed by atoms with E-state index in [0.29, 0.717) is 18.3 Å². The number of carbonyl (C=O) groups is 1. The molecule has 0 aliphatic heterocycles. The molecule has 5 heteroatoms. The van der Waals surface area contributed by atoms with Gasteiger partial charge in [0.25, 0.3) is 5.91 Å². The minimum absolute atomic E-state index is 0.0140. The number of anilines is 1. The zero-order valence-electron chi connectivity index (χ0n) is 11.2. The smallest absolute Gasteiger partial charge is 0.264 e. The lowest BCUT2D eigenvalue weighted by Crippen LogP contribution is -2.45. The van der Waals surface area contributed by atoms with Crippen molar-refractivity contribution in [2.75, 3.05) is 18.9 Å². The molecule has 20 heavy (non-hydrogen) atoms. The third kappa shape index (κ3) is 2.39. The monoisotopic (exact) mass is 290 g/mol. The molecule has 3 N–H and O–H groups in total. The van der Waals surface area contributed by atoms with Gasteiger partial charge in [0.2, 0.25) is 0 Å². The summed E-state index contributed by atoms with van der Waals surface area (Å²) in [5, 5.41) is 10.2. The highest BCUT2D eigenvalue weighted by atomic mass is 32.1. The lowest BCUT2D eigenvalue weighted by atomic mass is 9.91. The largest absolute Gasteiger partial charge is 0.399 e. The molecule has 1 saturated carbocycles. The van der Waals surface area contributed by atoms with Crippen LogP contribution < -0.4 is 5.73 Å². The number of hydrogen-bond donors (Lipinski definition) is 2. The zero-order valence-corrected chi connectivity index (χ0v) is 12.0. The van der Waals surface area contributed by atoms with Crippen LogP contribution in [0.15, 0.2) is 24.3 Å². The van der Waals surface area contributed by atoms with Crippen LogP contribution in [0, 0.1) is 0 Å². The summed E-state index contributed by atoms with van der Waals surface area (Å²) in [5.74, 6) is 0.0310. The van der Waals surface area contributed by atoms with Gasteiger partial charge in [-0.3, -0.25) is 4.79 Å². The number of thiophene rings is 1. The number of carbonyl (C=O) groups excluding carboxylic acids is 1. The first-order valence-corrected chi connectivity index (χ1v) is 7.71. The Labute approximate surface area is 121 Å². The summed E-state index contributed by atoms with van der Waals surface area (Å²) in [6, 6.07) is 7.89. The first-order valence-electron chi connectivity index (χ1n) is 6.90. The molecule has 1 aliphatic rings. The molecule has 2 aromatic rings. The molecule has 3 rings (SSSR count). The fourth-order valence-electron chi connectivity index (χ4n) is 2.56. The van der Waals surface area contributed by atoms with Crippen molar-refractivity contribution in [2.24, 2.45) is 0 Å². The highest BCUT2D eigenvalue weighted by Gasteiger charge is 2.29. The lowest BCUT2D eigenvalue weighted by molar-refractivity contribution is 0.0531. The van der Waals surface area contributed by atoms with E-state index < -0.39 is 0 Å². The van der Waals surface area contributed by atoms with E-state index in [1.807, 2.05) is 29.2 Å². The van der Waals surface area contributed by atoms with Gasteiger partial charge in [-0.05, 0) is 48.9 Å². The fourth-order valence-corrected chi connectivity index (χ4v) is 3.56. The second-order valence-electron chi connectivity index (χ2n) is 5.21. The topological polar surface area (TPSA) is 66.6 Å². The van der Waals surface area contributed by atoms with E-state index in [-0.39, 0.29) is 12.5 Å². The number of nitrogens with zero attached hydrogens (tertiary/aromatic N) is 1. The summed E-state index contributed by atoms with van der Waals surface area (Å²) in [6.45, 7) is 0.431. The number of rotatable bonds is 4. The van der Waals surface area contributed by atoms with Crippen LogP contribution in [-0.4, -0.2) is 35.1 Å². The van der Waals surface area contributed by atoms with Crippen molar-refractivity contribution in [3.8, 4) is 0 Å². The number of nitrogens with two attached hydrogens (primary N) is 1. The van der Waals surface area contributed by atoms with Crippen molar-refractivity contribution in [3.05, 3.63) is 29.1 Å². The van der Waals surface area contributed by atoms with Gasteiger partial charge in [-0.15, -0.1) is 11.3 Å². The summed E-state index contributed by atoms with van der Waals surface area (Å²) in [6.07, 6.45) is 3.26. The van der Waals surface area contributed by atoms with Crippen LogP contribution in [-0.2, 0) is 0 Å². The van der Waals surface area contributed by atoms with Crippen molar-refractivity contribution in [3.63, 3.8) is 0 Å². The average Bonchev–Trinajstić information content (AvgIpc) is 2.78. The molecule has 0 atom stereocenters. The van der Waals surface area contributed by atoms with Gasteiger partial charge in [0, 0.05) is 23.0 Å². The molecule has 0 bridgehead atoms. The zero-order chi connectivity index (χ0) is 14.1. The number of amides is 1. The highest BCUT2D eigenvalue weighted by molar-refractivity contribution is 7.20. The number of hydrogen-bond acceptors (Lipinski definition) is 4. The molecule has 1 aromatic heterocycles. The fraction of sp³-hybridized carbons (Fsp3) is 0.400. The minimum Gasteiger partial charge on any atom is -0.399 e. The van der Waals surface area contributed by atoms with Gasteiger partial charge in [-0.2, -0.15) is 0 Å². The summed E-state index contributed by atoms with van der Waals surface area (Å²) in [4.78, 5) is 15.2. The van der Waals surface area contributed by atoms with E-state index in [2.05, 4.69) is 0 Å². The maximum Gasteiger partial charge on any atom is 0.264 e. The molecule has 1 aliphatic carbocycles. The van der Waals surface area contributed by atoms with E-state index >= 15 is 0 Å². The van der Waals surface area contributed by atoms with E-state index in [9.17, 15) is 9.90 Å². The van der Waals surface area contributed by atoms with Gasteiger partial charge >= 0.3 is 0 Å². The molecule has 106 valence electrons. The average molecular weight is 290 g/mol. The Morgan fingerprint density at radius 1 is 1.40 bits per heavy atom. The van der Waals surface area contributed by atoms with Crippen LogP contribution in [0.4, 0.5) is 5.69 Å². The van der Waals surface area contributed by atoms with E-state index in [1.165, 1.54) is 17.8 Å². The molecular formula is C15H18N2O2S. The van der Waals surface area contributed by atoms with Crippen molar-refractivity contribution >= 4 is 33.0 Å². The molecule has 4 nitrogen and oxygen atoms in total. The Bertz CT molecular complexity index is 634. The maximum atomic E-state index is 12.6. The van der Waals surface area contributed by atoms with Gasteiger partial charge in [0.05, 0.1) is 11.5 Å². The maximum absolute atomic E-state index is 12.6. The van der Waals surface area contributed by atoms with Crippen LogP contribution in [0.2, 0.25) is 0 Å². The second kappa shape index (κ2) is 5.42. The quantitative estimate of drug-likeness (QED) is 0.850. The summed E-state index contributed by atoms with van der Waals surface area (Å²) in [5.41, 5.74) is 6.48. The van der Waals surface area contributed by atoms with Crippen LogP contribution in [0.3, 0.4) is 0 Å². The number of aliphatic hydroxyl groups is 1. The highest BCUT2D eigenvalue weighted by Crippen LogP contribution is 2.31. The summed E-state index contributed by atoms with van der Waals surface area (Å²) in [7, 11) is 0. The Morgan fingerprint density at radius 2 is 2.20 bits per heavy atom. The number of aliphatic hydroxyl groups excluding tert-OH is 1. The van der Waals surface area contributed by atoms with Gasteiger partial charge in [0.15, 0.2) is 0 Å². The molecule has 1 aromatic carbocycles. The number of fused-ring (bicyclic) bond motifs is 1. The van der Waals surface area contributed by atoms with E-state index in [4.69, 9.17) is 5.73 Å². The summed E-state index contributed by atoms with van der Waals surface area (Å²) >= 11 is 1.49. The van der Waals surface area contributed by atoms with Crippen LogP contribution in [0.1, 0.15) is 28.9 Å². The predicted molar refractivity (Wildman–Crippen MR) is 82.0 cm³/mol. The molecule has 0 unspecified atom stereocenters. The normalized spacial score (nSPS) is 15.2. The predicted octanol–water partition coefficient (Wildman–Crippen LogP) is 2.47. The standard InChI is InChI=1S/C15H18N2O2S/c16-11-4-5-13-10(8-11)9-14(20-13)15(19)17(6-7-18)12-2-1-3-12/h4-5,8-9,12,18H,1-3,6-7,16H2. The molecule has 0 saturated heterocycles. The molecule has 1 fully saturated rings. The first-order chi connectivity index (χ1) is 9.69. The Kier molecular flexibility index (Phi) is 3.63. The minimum atomic E-state index is 0.0140. The van der Waals surface area contributed by atoms with Gasteiger partial charge in [-0.25, -0.2) is 0 Å². The lowest BCUT2D eigenvalue weighted by Gasteiger charge is -2.37. The Hall–Kier alpha value is -1.59. The molecule has 0 spiro atoms. The molecular weight excluding hydrogens is 272 g/mol. The Morgan fingerprint density at radius 3 is 2.85 bits per heavy atom. The summed E-state index contributed by atoms with van der Waals surface area (Å²) < 4.78 is 1.07. The third-order valence-electron chi connectivity index (χ3n) is 3.87. The SMILES string of the molecule is Nc1ccc2sc(C(=O)N(CCO)C3CCC3)cc2c1. The van der Waals surface area contributed by atoms with Gasteiger partial charge < -0.3 is 15.7 Å². The first kappa shape index (κ1) is 13.4. The van der Waals surface area contributed by atoms with Crippen LogP contribution in [0.25, 0.3) is 10.1 Å². The number of nitrogen functional groups attached to an aromatic ring is 1. The molecule has 1 heterocycles. The number of benzene rings is 1. The van der Waals surface area contributed by atoms with Gasteiger partial charge in [-0.1, -0.05) is 0 Å². The van der Waals surface area contributed by atoms with E-state index in [1.54, 1.807) is 0 Å². The molecule has 0 radical (unpaired) electrons. The Balaban J connectivity index is 1.89. The van der Waals surface area contributed by atoms with Crippen LogP contribution in [0.5, 0.6) is 0 Å². The van der Waals surface area contributed by atoms with Crippen molar-refractivity contribution in [2.45, 2.75) is 25.3 Å².